The van der Waals surface area contributed by atoms with Crippen molar-refractivity contribution in [3.8, 4) is 0 Å². The van der Waals surface area contributed by atoms with Gasteiger partial charge in [-0.25, -0.2) is 4.98 Å². The number of aromatic nitrogens is 2. The Balaban J connectivity index is 1.45. The number of imidazole rings is 1. The number of hydrogen-bond donors (Lipinski definition) is 1. The Labute approximate surface area is 136 Å². The number of hydrogen-bond acceptors (Lipinski definition) is 4. The van der Waals surface area contributed by atoms with Crippen LogP contribution in [-0.2, 0) is 11.2 Å². The highest BCUT2D eigenvalue weighted by atomic mass is 32.1. The Morgan fingerprint density at radius 1 is 1.43 bits per heavy atom. The zero-order valence-electron chi connectivity index (χ0n) is 12.5. The number of furan rings is 1. The highest BCUT2D eigenvalue weighted by Crippen LogP contribution is 2.23. The fraction of sp³-hybridized carbons (Fsp3) is 0.176. The van der Waals surface area contributed by atoms with Crippen LogP contribution in [0.5, 0.6) is 0 Å². The van der Waals surface area contributed by atoms with Crippen LogP contribution in [-0.4, -0.2) is 15.3 Å². The molecule has 0 radical (unpaired) electrons. The molecule has 4 rings (SSSR count). The summed E-state index contributed by atoms with van der Waals surface area (Å²) in [5.74, 6) is 0.689. The van der Waals surface area contributed by atoms with Crippen molar-refractivity contribution >= 4 is 33.2 Å². The summed E-state index contributed by atoms with van der Waals surface area (Å²) in [7, 11) is 0. The van der Waals surface area contributed by atoms with Crippen LogP contribution in [0.25, 0.3) is 15.9 Å². The molecule has 0 saturated heterocycles. The fourth-order valence-corrected chi connectivity index (χ4v) is 3.32. The molecule has 4 aromatic rings. The predicted molar refractivity (Wildman–Crippen MR) is 89.5 cm³/mol. The molecule has 0 aliphatic carbocycles. The van der Waals surface area contributed by atoms with E-state index in [1.165, 1.54) is 0 Å². The Bertz CT molecular complexity index is 920. The molecule has 116 valence electrons. The number of fused-ring (bicyclic) bond motifs is 2. The Morgan fingerprint density at radius 3 is 3.13 bits per heavy atom. The highest BCUT2D eigenvalue weighted by molar-refractivity contribution is 7.15. The van der Waals surface area contributed by atoms with Crippen LogP contribution in [0.1, 0.15) is 24.4 Å². The monoisotopic (exact) mass is 325 g/mol. The van der Waals surface area contributed by atoms with Gasteiger partial charge < -0.3 is 9.73 Å². The van der Waals surface area contributed by atoms with E-state index < -0.39 is 0 Å². The van der Waals surface area contributed by atoms with Crippen molar-refractivity contribution in [1.29, 1.82) is 0 Å². The maximum atomic E-state index is 12.2. The van der Waals surface area contributed by atoms with Crippen LogP contribution >= 0.6 is 11.3 Å². The molecule has 5 nitrogen and oxygen atoms in total. The van der Waals surface area contributed by atoms with Crippen molar-refractivity contribution in [3.05, 3.63) is 59.6 Å². The number of carbonyl (C=O) groups excluding carboxylic acids is 1. The summed E-state index contributed by atoms with van der Waals surface area (Å²) in [5.41, 5.74) is 1.60. The van der Waals surface area contributed by atoms with Gasteiger partial charge in [-0.05, 0) is 19.1 Å². The SMILES string of the molecule is C[C@H](NC(=O)Cc1cn2ccsc2n1)c1cc2ccccc2o1. The number of benzene rings is 1. The van der Waals surface area contributed by atoms with Gasteiger partial charge >= 0.3 is 0 Å². The predicted octanol–water partition coefficient (Wildman–Crippen LogP) is 3.56. The third kappa shape index (κ3) is 2.73. The van der Waals surface area contributed by atoms with Gasteiger partial charge in [-0.2, -0.15) is 0 Å². The first-order valence-electron chi connectivity index (χ1n) is 7.38. The van der Waals surface area contributed by atoms with Crippen molar-refractivity contribution in [1.82, 2.24) is 14.7 Å². The van der Waals surface area contributed by atoms with E-state index in [0.29, 0.717) is 0 Å². The number of amides is 1. The van der Waals surface area contributed by atoms with Crippen LogP contribution in [0.4, 0.5) is 0 Å². The largest absolute Gasteiger partial charge is 0.459 e. The summed E-state index contributed by atoms with van der Waals surface area (Å²) in [6, 6.07) is 9.60. The molecule has 1 atom stereocenters. The first-order valence-corrected chi connectivity index (χ1v) is 8.26. The lowest BCUT2D eigenvalue weighted by Crippen LogP contribution is -2.27. The summed E-state index contributed by atoms with van der Waals surface area (Å²) in [6.45, 7) is 1.92. The second-order valence-electron chi connectivity index (χ2n) is 5.48. The van der Waals surface area contributed by atoms with Gasteiger partial charge in [0.05, 0.1) is 18.2 Å². The molecule has 0 fully saturated rings. The Kier molecular flexibility index (Phi) is 3.38. The van der Waals surface area contributed by atoms with Gasteiger partial charge in [0, 0.05) is 23.2 Å². The molecule has 0 unspecified atom stereocenters. The molecule has 0 aliphatic heterocycles. The quantitative estimate of drug-likeness (QED) is 0.624. The van der Waals surface area contributed by atoms with E-state index in [-0.39, 0.29) is 18.4 Å². The van der Waals surface area contributed by atoms with Gasteiger partial charge in [-0.15, -0.1) is 11.3 Å². The van der Waals surface area contributed by atoms with Gasteiger partial charge in [0.1, 0.15) is 11.3 Å². The zero-order valence-corrected chi connectivity index (χ0v) is 13.3. The van der Waals surface area contributed by atoms with E-state index in [4.69, 9.17) is 4.42 Å². The standard InChI is InChI=1S/C17H15N3O2S/c1-11(15-8-12-4-2-3-5-14(12)22-15)18-16(21)9-13-10-20-6-7-23-17(20)19-13/h2-8,10-11H,9H2,1H3,(H,18,21)/t11-/m0/s1. The smallest absolute Gasteiger partial charge is 0.226 e. The fourth-order valence-electron chi connectivity index (χ4n) is 2.61. The minimum Gasteiger partial charge on any atom is -0.459 e. The molecule has 1 aromatic carbocycles. The van der Waals surface area contributed by atoms with Crippen molar-refractivity contribution in [2.24, 2.45) is 0 Å². The molecule has 0 spiro atoms. The number of nitrogens with zero attached hydrogens (tertiary/aromatic N) is 2. The highest BCUT2D eigenvalue weighted by Gasteiger charge is 2.15. The molecule has 23 heavy (non-hydrogen) atoms. The van der Waals surface area contributed by atoms with Crippen LogP contribution in [0.2, 0.25) is 0 Å². The summed E-state index contributed by atoms with van der Waals surface area (Å²) >= 11 is 1.55. The lowest BCUT2D eigenvalue weighted by molar-refractivity contribution is -0.121. The summed E-state index contributed by atoms with van der Waals surface area (Å²) < 4.78 is 7.71. The van der Waals surface area contributed by atoms with Gasteiger partial charge in [0.2, 0.25) is 5.91 Å². The number of rotatable bonds is 4. The van der Waals surface area contributed by atoms with E-state index in [2.05, 4.69) is 10.3 Å². The lowest BCUT2D eigenvalue weighted by Gasteiger charge is -2.10. The van der Waals surface area contributed by atoms with E-state index in [1.807, 2.05) is 59.4 Å². The summed E-state index contributed by atoms with van der Waals surface area (Å²) in [4.78, 5) is 17.5. The van der Waals surface area contributed by atoms with Gasteiger partial charge in [-0.1, -0.05) is 18.2 Å². The second-order valence-corrected chi connectivity index (χ2v) is 6.35. The van der Waals surface area contributed by atoms with Crippen molar-refractivity contribution < 1.29 is 9.21 Å². The molecule has 3 aromatic heterocycles. The molecule has 1 amide bonds. The topological polar surface area (TPSA) is 59.5 Å². The summed E-state index contributed by atoms with van der Waals surface area (Å²) in [5, 5.41) is 5.97. The third-order valence-corrected chi connectivity index (χ3v) is 4.50. The van der Waals surface area contributed by atoms with Gasteiger partial charge in [0.25, 0.3) is 0 Å². The molecule has 6 heteroatoms. The van der Waals surface area contributed by atoms with E-state index in [9.17, 15) is 4.79 Å². The lowest BCUT2D eigenvalue weighted by atomic mass is 10.2. The average molecular weight is 325 g/mol. The van der Waals surface area contributed by atoms with Crippen molar-refractivity contribution in [3.63, 3.8) is 0 Å². The maximum absolute atomic E-state index is 12.2. The zero-order chi connectivity index (χ0) is 15.8. The van der Waals surface area contributed by atoms with Gasteiger partial charge in [-0.3, -0.25) is 9.20 Å². The van der Waals surface area contributed by atoms with Crippen LogP contribution < -0.4 is 5.32 Å². The number of carbonyl (C=O) groups is 1. The molecule has 0 bridgehead atoms. The van der Waals surface area contributed by atoms with Crippen molar-refractivity contribution in [2.75, 3.05) is 0 Å². The normalized spacial score (nSPS) is 12.7. The number of thiazole rings is 1. The molecule has 3 heterocycles. The third-order valence-electron chi connectivity index (χ3n) is 3.73. The molecule has 0 saturated carbocycles. The average Bonchev–Trinajstić information content (AvgIpc) is 3.19. The van der Waals surface area contributed by atoms with E-state index in [1.54, 1.807) is 11.3 Å². The second kappa shape index (κ2) is 5.55. The van der Waals surface area contributed by atoms with Crippen LogP contribution in [0, 0.1) is 0 Å². The van der Waals surface area contributed by atoms with Crippen LogP contribution in [0.3, 0.4) is 0 Å². The first-order chi connectivity index (χ1) is 11.2. The number of para-hydroxylation sites is 1. The van der Waals surface area contributed by atoms with E-state index in [0.717, 1.165) is 27.4 Å². The minimum atomic E-state index is -0.182. The Morgan fingerprint density at radius 2 is 2.30 bits per heavy atom. The van der Waals surface area contributed by atoms with Crippen LogP contribution in [0.15, 0.2) is 52.5 Å². The minimum absolute atomic E-state index is 0.0660. The molecular weight excluding hydrogens is 310 g/mol. The molecule has 1 N–H and O–H groups in total. The van der Waals surface area contributed by atoms with Gasteiger partial charge in [0.15, 0.2) is 4.96 Å². The van der Waals surface area contributed by atoms with Crippen molar-refractivity contribution in [2.45, 2.75) is 19.4 Å². The molecule has 0 aliphatic rings. The summed E-state index contributed by atoms with van der Waals surface area (Å²) in [6.07, 6.45) is 4.08. The molecular formula is C17H15N3O2S. The van der Waals surface area contributed by atoms with E-state index >= 15 is 0 Å². The first kappa shape index (κ1) is 14.0. The maximum Gasteiger partial charge on any atom is 0.226 e. The number of nitrogens with one attached hydrogen (secondary N) is 1. The Hall–Kier alpha value is -2.60.